The van der Waals surface area contributed by atoms with Crippen molar-refractivity contribution < 1.29 is 18.0 Å². The molecule has 0 saturated carbocycles. The predicted molar refractivity (Wildman–Crippen MR) is 89.0 cm³/mol. The van der Waals surface area contributed by atoms with Crippen LogP contribution in [-0.2, 0) is 19.4 Å². The van der Waals surface area contributed by atoms with E-state index < -0.39 is 15.9 Å². The lowest BCUT2D eigenvalue weighted by Crippen LogP contribution is -2.49. The fraction of sp³-hybridized carbons (Fsp3) is 0.529. The molecule has 2 aliphatic heterocycles. The van der Waals surface area contributed by atoms with Crippen LogP contribution in [0.3, 0.4) is 0 Å². The van der Waals surface area contributed by atoms with Gasteiger partial charge in [-0.15, -0.1) is 0 Å². The van der Waals surface area contributed by atoms with Crippen molar-refractivity contribution in [2.75, 3.05) is 18.8 Å². The first-order valence-corrected chi connectivity index (χ1v) is 9.97. The molecular weight excluding hydrogens is 328 g/mol. The number of nitrogens with one attached hydrogen (secondary N) is 1. The van der Waals surface area contributed by atoms with Crippen molar-refractivity contribution in [3.8, 4) is 0 Å². The SMILES string of the molecule is O=C1CCC(C(=O)N2CCCC(CS(=O)(=O)c3ccccc3)C2)N1. The van der Waals surface area contributed by atoms with Gasteiger partial charge < -0.3 is 10.2 Å². The molecule has 2 fully saturated rings. The minimum atomic E-state index is -3.34. The van der Waals surface area contributed by atoms with Gasteiger partial charge >= 0.3 is 0 Å². The van der Waals surface area contributed by atoms with Crippen molar-refractivity contribution in [1.82, 2.24) is 10.2 Å². The van der Waals surface area contributed by atoms with Crippen LogP contribution in [0.1, 0.15) is 25.7 Å². The molecular formula is C17H22N2O4S. The number of hydrogen-bond donors (Lipinski definition) is 1. The van der Waals surface area contributed by atoms with E-state index in [1.165, 1.54) is 0 Å². The Balaban J connectivity index is 1.63. The van der Waals surface area contributed by atoms with Crippen molar-refractivity contribution in [2.24, 2.45) is 5.92 Å². The summed E-state index contributed by atoms with van der Waals surface area (Å²) in [5, 5.41) is 2.69. The minimum Gasteiger partial charge on any atom is -0.344 e. The zero-order chi connectivity index (χ0) is 17.2. The van der Waals surface area contributed by atoms with Crippen molar-refractivity contribution in [2.45, 2.75) is 36.6 Å². The van der Waals surface area contributed by atoms with E-state index in [4.69, 9.17) is 0 Å². The zero-order valence-corrected chi connectivity index (χ0v) is 14.3. The third-order valence-corrected chi connectivity index (χ3v) is 6.58. The second-order valence-corrected chi connectivity index (χ2v) is 8.58. The van der Waals surface area contributed by atoms with Crippen LogP contribution in [0, 0.1) is 5.92 Å². The summed E-state index contributed by atoms with van der Waals surface area (Å²) in [6, 6.07) is 7.99. The van der Waals surface area contributed by atoms with Crippen LogP contribution in [0.15, 0.2) is 35.2 Å². The largest absolute Gasteiger partial charge is 0.344 e. The predicted octanol–water partition coefficient (Wildman–Crippen LogP) is 0.977. The lowest BCUT2D eigenvalue weighted by atomic mass is 9.99. The first-order chi connectivity index (χ1) is 11.5. The molecule has 3 rings (SSSR count). The number of amides is 2. The maximum atomic E-state index is 12.5. The van der Waals surface area contributed by atoms with Gasteiger partial charge in [0, 0.05) is 19.5 Å². The van der Waals surface area contributed by atoms with Gasteiger partial charge in [-0.1, -0.05) is 18.2 Å². The van der Waals surface area contributed by atoms with E-state index in [0.29, 0.717) is 30.8 Å². The third-order valence-electron chi connectivity index (χ3n) is 4.68. The van der Waals surface area contributed by atoms with E-state index in [-0.39, 0.29) is 23.5 Å². The van der Waals surface area contributed by atoms with Crippen LogP contribution >= 0.6 is 0 Å². The number of sulfone groups is 1. The average molecular weight is 350 g/mol. The number of rotatable bonds is 4. The number of benzene rings is 1. The van der Waals surface area contributed by atoms with Gasteiger partial charge in [0.1, 0.15) is 6.04 Å². The monoisotopic (exact) mass is 350 g/mol. The van der Waals surface area contributed by atoms with Crippen molar-refractivity contribution in [3.05, 3.63) is 30.3 Å². The molecule has 7 heteroatoms. The summed E-state index contributed by atoms with van der Waals surface area (Å²) >= 11 is 0. The molecule has 2 atom stereocenters. The molecule has 0 spiro atoms. The molecule has 1 aromatic rings. The zero-order valence-electron chi connectivity index (χ0n) is 13.5. The second kappa shape index (κ2) is 6.93. The van der Waals surface area contributed by atoms with Crippen molar-refractivity contribution in [3.63, 3.8) is 0 Å². The molecule has 0 aromatic heterocycles. The van der Waals surface area contributed by atoms with Gasteiger partial charge in [-0.25, -0.2) is 8.42 Å². The van der Waals surface area contributed by atoms with E-state index >= 15 is 0 Å². The van der Waals surface area contributed by atoms with Crippen molar-refractivity contribution in [1.29, 1.82) is 0 Å². The molecule has 0 aliphatic carbocycles. The maximum absolute atomic E-state index is 12.5. The number of likely N-dealkylation sites (tertiary alicyclic amines) is 1. The van der Waals surface area contributed by atoms with Gasteiger partial charge in [0.05, 0.1) is 10.6 Å². The fourth-order valence-electron chi connectivity index (χ4n) is 3.46. The Bertz CT molecular complexity index is 717. The normalized spacial score (nSPS) is 24.7. The van der Waals surface area contributed by atoms with Crippen LogP contribution in [0.5, 0.6) is 0 Å². The molecule has 2 saturated heterocycles. The van der Waals surface area contributed by atoms with Gasteiger partial charge in [-0.3, -0.25) is 9.59 Å². The van der Waals surface area contributed by atoms with Gasteiger partial charge in [0.25, 0.3) is 0 Å². The highest BCUT2D eigenvalue weighted by atomic mass is 32.2. The molecule has 2 amide bonds. The number of carbonyl (C=O) groups is 2. The van der Waals surface area contributed by atoms with Crippen molar-refractivity contribution >= 4 is 21.7 Å². The van der Waals surface area contributed by atoms with Crippen LogP contribution in [0.4, 0.5) is 0 Å². The summed E-state index contributed by atoms with van der Waals surface area (Å²) in [6.07, 6.45) is 2.51. The molecule has 1 N–H and O–H groups in total. The minimum absolute atomic E-state index is 0.0534. The number of piperidine rings is 1. The number of carbonyl (C=O) groups excluding carboxylic acids is 2. The molecule has 2 unspecified atom stereocenters. The van der Waals surface area contributed by atoms with Gasteiger partial charge in [0.15, 0.2) is 9.84 Å². The van der Waals surface area contributed by atoms with E-state index in [1.54, 1.807) is 35.2 Å². The molecule has 2 heterocycles. The van der Waals surface area contributed by atoms with Crippen LogP contribution < -0.4 is 5.32 Å². The Morgan fingerprint density at radius 2 is 1.96 bits per heavy atom. The summed E-state index contributed by atoms with van der Waals surface area (Å²) in [5.41, 5.74) is 0. The highest BCUT2D eigenvalue weighted by Crippen LogP contribution is 2.23. The first-order valence-electron chi connectivity index (χ1n) is 8.32. The standard InChI is InChI=1S/C17H22N2O4S/c20-16-9-8-15(18-16)17(21)19-10-4-5-13(11-19)12-24(22,23)14-6-2-1-3-7-14/h1-3,6-7,13,15H,4-5,8-12H2,(H,18,20). The molecule has 24 heavy (non-hydrogen) atoms. The molecule has 0 bridgehead atoms. The Kier molecular flexibility index (Phi) is 4.89. The fourth-order valence-corrected chi connectivity index (χ4v) is 5.11. The van der Waals surface area contributed by atoms with Gasteiger partial charge in [-0.2, -0.15) is 0 Å². The number of hydrogen-bond acceptors (Lipinski definition) is 4. The molecule has 130 valence electrons. The Morgan fingerprint density at radius 3 is 2.62 bits per heavy atom. The molecule has 2 aliphatic rings. The van der Waals surface area contributed by atoms with Crippen LogP contribution in [0.25, 0.3) is 0 Å². The summed E-state index contributed by atoms with van der Waals surface area (Å²) in [4.78, 5) is 25.8. The third kappa shape index (κ3) is 3.77. The topological polar surface area (TPSA) is 83.6 Å². The summed E-state index contributed by atoms with van der Waals surface area (Å²) in [5.74, 6) is -0.182. The molecule has 0 radical (unpaired) electrons. The highest BCUT2D eigenvalue weighted by Gasteiger charge is 2.34. The summed E-state index contributed by atoms with van der Waals surface area (Å²) in [7, 11) is -3.34. The van der Waals surface area contributed by atoms with E-state index in [2.05, 4.69) is 5.32 Å². The smallest absolute Gasteiger partial charge is 0.245 e. The van der Waals surface area contributed by atoms with Gasteiger partial charge in [0.2, 0.25) is 11.8 Å². The van der Waals surface area contributed by atoms with E-state index in [9.17, 15) is 18.0 Å². The quantitative estimate of drug-likeness (QED) is 0.877. The van der Waals surface area contributed by atoms with E-state index in [1.807, 2.05) is 0 Å². The average Bonchev–Trinajstić information content (AvgIpc) is 3.01. The van der Waals surface area contributed by atoms with Gasteiger partial charge in [-0.05, 0) is 37.3 Å². The summed E-state index contributed by atoms with van der Waals surface area (Å²) < 4.78 is 25.0. The number of nitrogens with zero attached hydrogens (tertiary/aromatic N) is 1. The van der Waals surface area contributed by atoms with E-state index in [0.717, 1.165) is 12.8 Å². The maximum Gasteiger partial charge on any atom is 0.245 e. The first kappa shape index (κ1) is 17.0. The molecule has 6 nitrogen and oxygen atoms in total. The lowest BCUT2D eigenvalue weighted by Gasteiger charge is -2.34. The lowest BCUT2D eigenvalue weighted by molar-refractivity contribution is -0.135. The Morgan fingerprint density at radius 1 is 1.21 bits per heavy atom. The summed E-state index contributed by atoms with van der Waals surface area (Å²) in [6.45, 7) is 1.07. The Labute approximate surface area is 142 Å². The Hall–Kier alpha value is -1.89. The second-order valence-electron chi connectivity index (χ2n) is 6.55. The highest BCUT2D eigenvalue weighted by molar-refractivity contribution is 7.91. The molecule has 1 aromatic carbocycles. The van der Waals surface area contributed by atoms with Crippen LogP contribution in [-0.4, -0.2) is 50.0 Å². The van der Waals surface area contributed by atoms with Crippen LogP contribution in [0.2, 0.25) is 0 Å².